The monoisotopic (exact) mass is 392 g/mol. The molecule has 0 spiro atoms. The Morgan fingerprint density at radius 2 is 1.92 bits per heavy atom. The number of rotatable bonds is 3. The van der Waals surface area contributed by atoms with Crippen molar-refractivity contribution in [3.8, 4) is 0 Å². The van der Waals surface area contributed by atoms with Gasteiger partial charge in [0.1, 0.15) is 0 Å². The summed E-state index contributed by atoms with van der Waals surface area (Å²) in [5, 5.41) is 3.28. The van der Waals surface area contributed by atoms with E-state index in [4.69, 9.17) is 11.6 Å². The van der Waals surface area contributed by atoms with Gasteiger partial charge >= 0.3 is 0 Å². The molecule has 1 N–H and O–H groups in total. The molecule has 136 valence electrons. The van der Waals surface area contributed by atoms with Crippen molar-refractivity contribution in [1.29, 1.82) is 0 Å². The smallest absolute Gasteiger partial charge is 0.255 e. The number of nitrogens with zero attached hydrogens (tertiary/aromatic N) is 1. The highest BCUT2D eigenvalue weighted by Gasteiger charge is 2.42. The summed E-state index contributed by atoms with van der Waals surface area (Å²) in [5.74, 6) is -1.75. The zero-order valence-corrected chi connectivity index (χ0v) is 15.8. The Kier molecular flexibility index (Phi) is 4.77. The molecule has 2 aromatic carbocycles. The van der Waals surface area contributed by atoms with E-state index in [0.29, 0.717) is 10.7 Å². The van der Waals surface area contributed by atoms with Gasteiger partial charge in [0.05, 0.1) is 17.4 Å². The second-order valence-electron chi connectivity index (χ2n) is 6.20. The third kappa shape index (κ3) is 3.32. The Balaban J connectivity index is 1.91. The summed E-state index contributed by atoms with van der Waals surface area (Å²) in [6.45, 7) is 3.35. The van der Waals surface area contributed by atoms with Gasteiger partial charge in [-0.25, -0.2) is 12.7 Å². The lowest BCUT2D eigenvalue weighted by Crippen LogP contribution is -2.30. The Morgan fingerprint density at radius 1 is 1.23 bits per heavy atom. The third-order valence-corrected chi connectivity index (χ3v) is 6.50. The van der Waals surface area contributed by atoms with E-state index in [9.17, 15) is 18.0 Å². The molecule has 0 bridgehead atoms. The summed E-state index contributed by atoms with van der Waals surface area (Å²) in [4.78, 5) is 24.8. The van der Waals surface area contributed by atoms with Crippen LogP contribution >= 0.6 is 11.6 Å². The van der Waals surface area contributed by atoms with E-state index in [0.717, 1.165) is 9.87 Å². The van der Waals surface area contributed by atoms with Crippen LogP contribution in [0.25, 0.3) is 0 Å². The van der Waals surface area contributed by atoms with Crippen LogP contribution in [0.2, 0.25) is 5.02 Å². The van der Waals surface area contributed by atoms with Crippen LogP contribution in [0.3, 0.4) is 0 Å². The minimum atomic E-state index is -3.72. The Morgan fingerprint density at radius 3 is 2.58 bits per heavy atom. The van der Waals surface area contributed by atoms with Crippen LogP contribution in [0.5, 0.6) is 0 Å². The van der Waals surface area contributed by atoms with Gasteiger partial charge in [0.15, 0.2) is 0 Å². The van der Waals surface area contributed by atoms with Crippen molar-refractivity contribution in [3.05, 3.63) is 58.6 Å². The maximum Gasteiger partial charge on any atom is 0.255 e. The lowest BCUT2D eigenvalue weighted by molar-refractivity contribution is -0.119. The lowest BCUT2D eigenvalue weighted by atomic mass is 10.1. The molecule has 26 heavy (non-hydrogen) atoms. The van der Waals surface area contributed by atoms with Crippen LogP contribution in [0.4, 0.5) is 11.4 Å². The number of hydrogen-bond acceptors (Lipinski definition) is 4. The molecule has 1 fully saturated rings. The van der Waals surface area contributed by atoms with Gasteiger partial charge in [-0.3, -0.25) is 9.59 Å². The van der Waals surface area contributed by atoms with Crippen molar-refractivity contribution in [2.24, 2.45) is 5.92 Å². The van der Waals surface area contributed by atoms with Gasteiger partial charge in [0.25, 0.3) is 5.91 Å². The first-order valence-electron chi connectivity index (χ1n) is 7.94. The SMILES string of the molecule is Cc1c(Cl)cccc1NC(=O)c1cccc(N2C(=O)C(C)CS2(=O)=O)c1. The molecule has 1 unspecified atom stereocenters. The van der Waals surface area contributed by atoms with Crippen molar-refractivity contribution < 1.29 is 18.0 Å². The highest BCUT2D eigenvalue weighted by atomic mass is 35.5. The minimum absolute atomic E-state index is 0.162. The predicted molar refractivity (Wildman–Crippen MR) is 101 cm³/mol. The fourth-order valence-electron chi connectivity index (χ4n) is 2.80. The van der Waals surface area contributed by atoms with Crippen molar-refractivity contribution >= 4 is 44.8 Å². The van der Waals surface area contributed by atoms with E-state index in [-0.39, 0.29) is 17.0 Å². The summed E-state index contributed by atoms with van der Waals surface area (Å²) in [5.41, 5.74) is 1.69. The Bertz CT molecular complexity index is 1000. The molecule has 1 heterocycles. The summed E-state index contributed by atoms with van der Waals surface area (Å²) < 4.78 is 25.2. The van der Waals surface area contributed by atoms with Gasteiger partial charge in [0.2, 0.25) is 15.9 Å². The van der Waals surface area contributed by atoms with E-state index in [1.54, 1.807) is 44.2 Å². The minimum Gasteiger partial charge on any atom is -0.322 e. The number of carbonyl (C=O) groups excluding carboxylic acids is 2. The quantitative estimate of drug-likeness (QED) is 0.869. The summed E-state index contributed by atoms with van der Waals surface area (Å²) in [6.07, 6.45) is 0. The number of anilines is 2. The Hall–Kier alpha value is -2.38. The number of carbonyl (C=O) groups is 2. The highest BCUT2D eigenvalue weighted by Crippen LogP contribution is 2.29. The summed E-state index contributed by atoms with van der Waals surface area (Å²) in [7, 11) is -3.72. The molecule has 1 aliphatic rings. The second kappa shape index (κ2) is 6.74. The average molecular weight is 393 g/mol. The Labute approximate surface area is 156 Å². The molecule has 0 aromatic heterocycles. The predicted octanol–water partition coefficient (Wildman–Crippen LogP) is 3.21. The molecule has 3 rings (SSSR count). The number of hydrogen-bond donors (Lipinski definition) is 1. The van der Waals surface area contributed by atoms with E-state index in [1.165, 1.54) is 12.1 Å². The van der Waals surface area contributed by atoms with Crippen LogP contribution < -0.4 is 9.62 Å². The highest BCUT2D eigenvalue weighted by molar-refractivity contribution is 7.94. The molecular formula is C18H17ClN2O4S. The topological polar surface area (TPSA) is 83.6 Å². The lowest BCUT2D eigenvalue weighted by Gasteiger charge is -2.16. The van der Waals surface area contributed by atoms with Crippen molar-refractivity contribution in [3.63, 3.8) is 0 Å². The van der Waals surface area contributed by atoms with Crippen LogP contribution in [-0.2, 0) is 14.8 Å². The number of halogens is 1. The van der Waals surface area contributed by atoms with Crippen molar-refractivity contribution in [2.45, 2.75) is 13.8 Å². The van der Waals surface area contributed by atoms with Gasteiger partial charge in [-0.1, -0.05) is 30.7 Å². The van der Waals surface area contributed by atoms with Gasteiger partial charge in [-0.2, -0.15) is 0 Å². The normalized spacial score (nSPS) is 18.8. The van der Waals surface area contributed by atoms with Crippen molar-refractivity contribution in [2.75, 3.05) is 15.4 Å². The fraction of sp³-hybridized carbons (Fsp3) is 0.222. The second-order valence-corrected chi connectivity index (χ2v) is 8.47. The van der Waals surface area contributed by atoms with Gasteiger partial charge in [-0.15, -0.1) is 0 Å². The number of amides is 2. The summed E-state index contributed by atoms with van der Waals surface area (Å²) >= 11 is 6.05. The first kappa shape index (κ1) is 18.4. The first-order chi connectivity index (χ1) is 12.2. The van der Waals surface area contributed by atoms with Gasteiger partial charge in [-0.05, 0) is 42.8 Å². The number of sulfonamides is 1. The molecule has 8 heteroatoms. The van der Waals surface area contributed by atoms with E-state index < -0.39 is 27.8 Å². The molecule has 1 aliphatic heterocycles. The third-order valence-electron chi connectivity index (χ3n) is 4.22. The standard InChI is InChI=1S/C18H17ClN2O4S/c1-11-10-26(24,25)21(18(11)23)14-6-3-5-13(9-14)17(22)20-16-8-4-7-15(19)12(16)2/h3-9,11H,10H2,1-2H3,(H,20,22). The molecular weight excluding hydrogens is 376 g/mol. The maximum absolute atomic E-state index is 12.5. The molecule has 2 aromatic rings. The fourth-order valence-corrected chi connectivity index (χ4v) is 4.78. The van der Waals surface area contributed by atoms with Crippen LogP contribution in [0.1, 0.15) is 22.8 Å². The zero-order valence-electron chi connectivity index (χ0n) is 14.2. The number of nitrogens with one attached hydrogen (secondary N) is 1. The molecule has 0 aliphatic carbocycles. The zero-order chi connectivity index (χ0) is 19.1. The van der Waals surface area contributed by atoms with Crippen LogP contribution in [-0.4, -0.2) is 26.0 Å². The largest absolute Gasteiger partial charge is 0.322 e. The number of benzene rings is 2. The van der Waals surface area contributed by atoms with Crippen molar-refractivity contribution in [1.82, 2.24) is 0 Å². The van der Waals surface area contributed by atoms with E-state index in [2.05, 4.69) is 5.32 Å². The molecule has 1 saturated heterocycles. The molecule has 1 atom stereocenters. The van der Waals surface area contributed by atoms with Gasteiger partial charge in [0, 0.05) is 16.3 Å². The average Bonchev–Trinajstić information content (AvgIpc) is 2.79. The van der Waals surface area contributed by atoms with Gasteiger partial charge < -0.3 is 5.32 Å². The summed E-state index contributed by atoms with van der Waals surface area (Å²) in [6, 6.07) is 11.1. The van der Waals surface area contributed by atoms with E-state index in [1.807, 2.05) is 0 Å². The van der Waals surface area contributed by atoms with Crippen LogP contribution in [0.15, 0.2) is 42.5 Å². The molecule has 2 amide bonds. The molecule has 6 nitrogen and oxygen atoms in total. The first-order valence-corrected chi connectivity index (χ1v) is 9.93. The van der Waals surface area contributed by atoms with E-state index >= 15 is 0 Å². The van der Waals surface area contributed by atoms with Crippen LogP contribution in [0, 0.1) is 12.8 Å². The molecule has 0 radical (unpaired) electrons. The molecule has 0 saturated carbocycles. The maximum atomic E-state index is 12.5.